The number of phenols is 2. The predicted molar refractivity (Wildman–Crippen MR) is 207 cm³/mol. The van der Waals surface area contributed by atoms with Crippen molar-refractivity contribution in [3.63, 3.8) is 0 Å². The molecule has 0 fully saturated rings. The molecule has 0 unspecified atom stereocenters. The third-order valence-corrected chi connectivity index (χ3v) is 9.98. The zero-order valence-corrected chi connectivity index (χ0v) is 30.5. The Morgan fingerprint density at radius 1 is 0.451 bits per heavy atom. The molecule has 0 bridgehead atoms. The number of aromatic hydroxyl groups is 2. The molecule has 8 nitrogen and oxygen atoms in total. The molecule has 6 aromatic rings. The summed E-state index contributed by atoms with van der Waals surface area (Å²) in [6.07, 6.45) is 19.4. The number of rotatable bonds is 20. The van der Waals surface area contributed by atoms with E-state index >= 15 is 0 Å². The Labute approximate surface area is 302 Å². The zero-order chi connectivity index (χ0) is 35.4. The van der Waals surface area contributed by atoms with Gasteiger partial charge in [0, 0.05) is 17.5 Å². The van der Waals surface area contributed by atoms with Crippen molar-refractivity contribution < 1.29 is 10.2 Å². The van der Waals surface area contributed by atoms with Crippen LogP contribution in [0.5, 0.6) is 11.5 Å². The molecule has 51 heavy (non-hydrogen) atoms. The molecule has 0 aliphatic carbocycles. The van der Waals surface area contributed by atoms with Crippen LogP contribution in [0, 0.1) is 0 Å². The van der Waals surface area contributed by atoms with Crippen molar-refractivity contribution in [2.45, 2.75) is 123 Å². The highest BCUT2D eigenvalue weighted by atomic mass is 16.3. The minimum Gasteiger partial charge on any atom is -0.505 e. The van der Waals surface area contributed by atoms with Crippen LogP contribution in [0.4, 0.5) is 0 Å². The van der Waals surface area contributed by atoms with Gasteiger partial charge in [0.25, 0.3) is 0 Å². The smallest absolute Gasteiger partial charge is 0.146 e. The van der Waals surface area contributed by atoms with E-state index in [4.69, 9.17) is 20.4 Å². The van der Waals surface area contributed by atoms with Gasteiger partial charge in [-0.3, -0.25) is 0 Å². The van der Waals surface area contributed by atoms with E-state index in [0.29, 0.717) is 17.8 Å². The van der Waals surface area contributed by atoms with E-state index in [1.165, 1.54) is 77.0 Å². The molecule has 0 saturated heterocycles. The number of aryl methyl sites for hydroxylation is 2. The summed E-state index contributed by atoms with van der Waals surface area (Å²) in [5, 5.41) is 42.5. The Balaban J connectivity index is 1.32. The van der Waals surface area contributed by atoms with Gasteiger partial charge >= 0.3 is 0 Å². The fraction of sp³-hybridized carbons (Fsp3) is 0.442. The minimum absolute atomic E-state index is 0.125. The van der Waals surface area contributed by atoms with Gasteiger partial charge in [-0.2, -0.15) is 0 Å². The number of fused-ring (bicyclic) bond motifs is 2. The second-order valence-electron chi connectivity index (χ2n) is 14.1. The first-order valence-electron chi connectivity index (χ1n) is 19.4. The van der Waals surface area contributed by atoms with E-state index in [1.807, 2.05) is 60.7 Å². The van der Waals surface area contributed by atoms with Crippen molar-refractivity contribution in [1.82, 2.24) is 30.0 Å². The molecule has 0 aliphatic heterocycles. The van der Waals surface area contributed by atoms with Crippen molar-refractivity contribution in [3.05, 3.63) is 95.1 Å². The Morgan fingerprint density at radius 2 is 0.784 bits per heavy atom. The molecule has 0 radical (unpaired) electrons. The van der Waals surface area contributed by atoms with Crippen LogP contribution >= 0.6 is 0 Å². The number of phenolic OH excluding ortho intramolecular Hbond substituents is 2. The molecule has 2 N–H and O–H groups in total. The average molecular weight is 687 g/mol. The summed E-state index contributed by atoms with van der Waals surface area (Å²) in [6, 6.07) is 23.8. The first-order valence-corrected chi connectivity index (χ1v) is 19.4. The highest BCUT2D eigenvalue weighted by Gasteiger charge is 2.20. The molecule has 268 valence electrons. The van der Waals surface area contributed by atoms with Gasteiger partial charge in [-0.05, 0) is 73.2 Å². The molecule has 0 spiro atoms. The third-order valence-electron chi connectivity index (χ3n) is 9.98. The molecule has 8 heteroatoms. The summed E-state index contributed by atoms with van der Waals surface area (Å²) in [5.74, 6) is 0.250. The van der Waals surface area contributed by atoms with Gasteiger partial charge in [0.05, 0.1) is 0 Å². The SMILES string of the molecule is CCCCCCCCCc1cc(Cc2cc(CCCCCCCCC)cc(-n3nc4ccccc4n3)c2O)c(O)c(-n2nc3ccccc3n2)c1. The Kier molecular flexibility index (Phi) is 12.7. The number of unbranched alkanes of at least 4 members (excludes halogenated alkanes) is 12. The Bertz CT molecular complexity index is 1800. The van der Waals surface area contributed by atoms with Gasteiger partial charge in [0.2, 0.25) is 0 Å². The molecule has 0 atom stereocenters. The van der Waals surface area contributed by atoms with Crippen LogP contribution in [0.2, 0.25) is 0 Å². The van der Waals surface area contributed by atoms with Gasteiger partial charge in [-0.1, -0.05) is 127 Å². The number of hydrogen-bond acceptors (Lipinski definition) is 6. The molecule has 4 aromatic carbocycles. The van der Waals surface area contributed by atoms with E-state index in [-0.39, 0.29) is 11.5 Å². The van der Waals surface area contributed by atoms with Crippen molar-refractivity contribution in [2.75, 3.05) is 0 Å². The molecule has 0 saturated carbocycles. The second kappa shape index (κ2) is 18.0. The summed E-state index contributed by atoms with van der Waals surface area (Å²) in [7, 11) is 0. The van der Waals surface area contributed by atoms with E-state index in [2.05, 4.69) is 26.0 Å². The van der Waals surface area contributed by atoms with E-state index < -0.39 is 0 Å². The van der Waals surface area contributed by atoms with Gasteiger partial charge in [0.1, 0.15) is 44.9 Å². The monoisotopic (exact) mass is 686 g/mol. The van der Waals surface area contributed by atoms with Crippen LogP contribution in [0.1, 0.15) is 126 Å². The molecule has 0 amide bonds. The number of aromatic nitrogens is 6. The fourth-order valence-corrected chi connectivity index (χ4v) is 7.06. The average Bonchev–Trinajstić information content (AvgIpc) is 3.78. The molecule has 6 rings (SSSR count). The fourth-order valence-electron chi connectivity index (χ4n) is 7.06. The maximum atomic E-state index is 11.8. The largest absolute Gasteiger partial charge is 0.505 e. The van der Waals surface area contributed by atoms with Crippen molar-refractivity contribution in [2.24, 2.45) is 0 Å². The highest BCUT2D eigenvalue weighted by molar-refractivity contribution is 5.74. The zero-order valence-electron chi connectivity index (χ0n) is 30.5. The maximum absolute atomic E-state index is 11.8. The van der Waals surface area contributed by atoms with Gasteiger partial charge in [0.15, 0.2) is 0 Å². The standard InChI is InChI=1S/C43H54N6O2/c1-3-5-7-9-11-13-15-21-32-27-34(42(50)40(29-32)48-44-36-23-17-18-24-37(36)45-48)31-35-28-33(22-16-14-12-10-8-6-4-2)30-41(43(35)51)49-46-38-25-19-20-26-39(38)47-49/h17-20,23-30,50-51H,3-16,21-22,31H2,1-2H3. The van der Waals surface area contributed by atoms with Gasteiger partial charge < -0.3 is 10.2 Å². The molecular formula is C43H54N6O2. The van der Waals surface area contributed by atoms with Crippen LogP contribution < -0.4 is 0 Å². The Morgan fingerprint density at radius 3 is 1.14 bits per heavy atom. The van der Waals surface area contributed by atoms with E-state index in [1.54, 1.807) is 9.59 Å². The summed E-state index contributed by atoms with van der Waals surface area (Å²) < 4.78 is 0. The summed E-state index contributed by atoms with van der Waals surface area (Å²) in [4.78, 5) is 3.11. The molecule has 0 aliphatic rings. The maximum Gasteiger partial charge on any atom is 0.146 e. The summed E-state index contributed by atoms with van der Waals surface area (Å²) >= 11 is 0. The first-order chi connectivity index (χ1) is 25.0. The number of benzene rings is 4. The van der Waals surface area contributed by atoms with Crippen LogP contribution in [-0.2, 0) is 19.3 Å². The van der Waals surface area contributed by atoms with Crippen LogP contribution in [0.15, 0.2) is 72.8 Å². The van der Waals surface area contributed by atoms with Crippen molar-refractivity contribution in [3.8, 4) is 22.9 Å². The van der Waals surface area contributed by atoms with Crippen molar-refractivity contribution in [1.29, 1.82) is 0 Å². The molecular weight excluding hydrogens is 633 g/mol. The van der Waals surface area contributed by atoms with E-state index in [9.17, 15) is 10.2 Å². The van der Waals surface area contributed by atoms with Crippen molar-refractivity contribution >= 4 is 22.1 Å². The minimum atomic E-state index is 0.125. The molecule has 2 aromatic heterocycles. The lowest BCUT2D eigenvalue weighted by atomic mass is 9.94. The van der Waals surface area contributed by atoms with Gasteiger partial charge in [-0.25, -0.2) is 0 Å². The second-order valence-corrected chi connectivity index (χ2v) is 14.1. The third kappa shape index (κ3) is 9.34. The van der Waals surface area contributed by atoms with E-state index in [0.717, 1.165) is 70.0 Å². The number of nitrogens with zero attached hydrogens (tertiary/aromatic N) is 6. The number of hydrogen-bond donors (Lipinski definition) is 2. The van der Waals surface area contributed by atoms with Crippen LogP contribution in [0.25, 0.3) is 33.4 Å². The molecule has 2 heterocycles. The van der Waals surface area contributed by atoms with Crippen LogP contribution in [-0.4, -0.2) is 40.2 Å². The lowest BCUT2D eigenvalue weighted by Crippen LogP contribution is -2.06. The lowest BCUT2D eigenvalue weighted by Gasteiger charge is -2.16. The van der Waals surface area contributed by atoms with Gasteiger partial charge in [-0.15, -0.1) is 30.0 Å². The summed E-state index contributed by atoms with van der Waals surface area (Å²) in [6.45, 7) is 4.50. The normalized spacial score (nSPS) is 11.6. The first kappa shape index (κ1) is 36.1. The Hall–Kier alpha value is -4.72. The highest BCUT2D eigenvalue weighted by Crippen LogP contribution is 2.36. The quantitative estimate of drug-likeness (QED) is 0.0775. The predicted octanol–water partition coefficient (Wildman–Crippen LogP) is 10.7. The summed E-state index contributed by atoms with van der Waals surface area (Å²) in [5.41, 5.74) is 7.94. The topological polar surface area (TPSA) is 102 Å². The van der Waals surface area contributed by atoms with Crippen LogP contribution in [0.3, 0.4) is 0 Å². The lowest BCUT2D eigenvalue weighted by molar-refractivity contribution is 0.455.